The van der Waals surface area contributed by atoms with Crippen LogP contribution in [0.2, 0.25) is 0 Å². The van der Waals surface area contributed by atoms with Gasteiger partial charge in [-0.1, -0.05) is 24.3 Å². The van der Waals surface area contributed by atoms with Gasteiger partial charge in [0, 0.05) is 39.3 Å². The van der Waals surface area contributed by atoms with Gasteiger partial charge in [0.15, 0.2) is 5.96 Å². The summed E-state index contributed by atoms with van der Waals surface area (Å²) in [5.74, 6) is 0.735. The Kier molecular flexibility index (Phi) is 7.04. The summed E-state index contributed by atoms with van der Waals surface area (Å²) in [5.41, 5.74) is 1.82. The van der Waals surface area contributed by atoms with E-state index in [-0.39, 0.29) is 11.4 Å². The molecule has 2 aromatic carbocycles. The van der Waals surface area contributed by atoms with Crippen LogP contribution in [0.15, 0.2) is 53.5 Å². The fourth-order valence-electron chi connectivity index (χ4n) is 2.43. The first-order valence-corrected chi connectivity index (χ1v) is 8.08. The number of nitro benzene ring substituents is 1. The summed E-state index contributed by atoms with van der Waals surface area (Å²) < 4.78 is 28.7. The number of benzene rings is 2. The van der Waals surface area contributed by atoms with Crippen molar-refractivity contribution in [1.29, 1.82) is 0 Å². The van der Waals surface area contributed by atoms with Crippen molar-refractivity contribution in [1.82, 2.24) is 10.2 Å². The van der Waals surface area contributed by atoms with Gasteiger partial charge in [-0.25, -0.2) is 0 Å². The zero-order chi connectivity index (χ0) is 19.8. The number of nitrogens with one attached hydrogen (secondary N) is 1. The maximum absolute atomic E-state index is 12.2. The molecule has 0 atom stereocenters. The molecule has 0 aromatic heterocycles. The number of alkyl halides is 2. The minimum Gasteiger partial charge on any atom is -0.435 e. The molecule has 2 aromatic rings. The second-order valence-electron chi connectivity index (χ2n) is 5.70. The first-order valence-electron chi connectivity index (χ1n) is 8.08. The van der Waals surface area contributed by atoms with Crippen LogP contribution in [0, 0.1) is 10.1 Å². The number of nitrogens with zero attached hydrogens (tertiary/aromatic N) is 3. The Morgan fingerprint density at radius 3 is 2.30 bits per heavy atom. The maximum Gasteiger partial charge on any atom is 0.387 e. The largest absolute Gasteiger partial charge is 0.435 e. The van der Waals surface area contributed by atoms with Gasteiger partial charge in [-0.3, -0.25) is 15.1 Å². The van der Waals surface area contributed by atoms with Crippen LogP contribution in [0.3, 0.4) is 0 Å². The molecule has 1 N–H and O–H groups in total. The molecule has 0 aliphatic carbocycles. The van der Waals surface area contributed by atoms with Gasteiger partial charge >= 0.3 is 6.61 Å². The molecule has 0 aliphatic heterocycles. The van der Waals surface area contributed by atoms with E-state index in [0.29, 0.717) is 19.0 Å². The fraction of sp³-hybridized carbons (Fsp3) is 0.278. The average molecular weight is 378 g/mol. The molecule has 0 amide bonds. The summed E-state index contributed by atoms with van der Waals surface area (Å²) in [4.78, 5) is 16.3. The topological polar surface area (TPSA) is 80.0 Å². The molecule has 0 spiro atoms. The van der Waals surface area contributed by atoms with E-state index in [1.54, 1.807) is 31.3 Å². The van der Waals surface area contributed by atoms with Gasteiger partial charge in [0.25, 0.3) is 5.69 Å². The van der Waals surface area contributed by atoms with Crippen molar-refractivity contribution in [3.05, 3.63) is 69.8 Å². The molecule has 0 saturated carbocycles. The highest BCUT2D eigenvalue weighted by atomic mass is 19.3. The molecule has 27 heavy (non-hydrogen) atoms. The van der Waals surface area contributed by atoms with Gasteiger partial charge in [0.2, 0.25) is 0 Å². The molecular weight excluding hydrogens is 358 g/mol. The number of aliphatic imine (C=N–C) groups is 1. The van der Waals surface area contributed by atoms with Crippen molar-refractivity contribution in [2.24, 2.45) is 4.99 Å². The van der Waals surface area contributed by atoms with E-state index in [2.05, 4.69) is 15.0 Å². The first kappa shape index (κ1) is 20.1. The van der Waals surface area contributed by atoms with E-state index in [1.165, 1.54) is 24.3 Å². The molecule has 144 valence electrons. The summed E-state index contributed by atoms with van der Waals surface area (Å²) in [6.45, 7) is -1.88. The van der Waals surface area contributed by atoms with Gasteiger partial charge in [0.05, 0.1) is 4.92 Å². The highest BCUT2D eigenvalue weighted by Crippen LogP contribution is 2.16. The Hall–Kier alpha value is -3.23. The number of non-ortho nitro benzene ring substituents is 1. The van der Waals surface area contributed by atoms with E-state index in [9.17, 15) is 18.9 Å². The van der Waals surface area contributed by atoms with E-state index >= 15 is 0 Å². The standard InChI is InChI=1S/C18H20F2N4O3/c1-21-18(22-11-13-3-7-15(8-4-13)24(25)26)23(2)12-14-5-9-16(10-6-14)27-17(19)20/h3-10,17H,11-12H2,1-2H3,(H,21,22). The van der Waals surface area contributed by atoms with Gasteiger partial charge in [-0.05, 0) is 23.3 Å². The highest BCUT2D eigenvalue weighted by molar-refractivity contribution is 5.79. The Labute approximate surface area is 155 Å². The molecule has 7 nitrogen and oxygen atoms in total. The number of hydrogen-bond donors (Lipinski definition) is 1. The smallest absolute Gasteiger partial charge is 0.387 e. The van der Waals surface area contributed by atoms with Crippen molar-refractivity contribution in [2.75, 3.05) is 14.1 Å². The van der Waals surface area contributed by atoms with Crippen LogP contribution in [0.5, 0.6) is 5.75 Å². The Morgan fingerprint density at radius 2 is 1.78 bits per heavy atom. The number of ether oxygens (including phenoxy) is 1. The molecule has 0 radical (unpaired) electrons. The highest BCUT2D eigenvalue weighted by Gasteiger charge is 2.09. The van der Waals surface area contributed by atoms with Crippen LogP contribution < -0.4 is 10.1 Å². The lowest BCUT2D eigenvalue weighted by molar-refractivity contribution is -0.384. The van der Waals surface area contributed by atoms with Crippen LogP contribution in [0.1, 0.15) is 11.1 Å². The summed E-state index contributed by atoms with van der Waals surface area (Å²) in [6, 6.07) is 12.7. The minimum atomic E-state index is -2.85. The minimum absolute atomic E-state index is 0.0412. The first-order chi connectivity index (χ1) is 12.9. The van der Waals surface area contributed by atoms with E-state index in [4.69, 9.17) is 0 Å². The van der Waals surface area contributed by atoms with Crippen LogP contribution >= 0.6 is 0 Å². The third-order valence-corrected chi connectivity index (χ3v) is 3.74. The zero-order valence-electron chi connectivity index (χ0n) is 14.9. The van der Waals surface area contributed by atoms with Gasteiger partial charge in [-0.2, -0.15) is 8.78 Å². The molecule has 0 heterocycles. The van der Waals surface area contributed by atoms with Crippen LogP contribution in [0.4, 0.5) is 14.5 Å². The van der Waals surface area contributed by atoms with Crippen molar-refractivity contribution in [3.8, 4) is 5.75 Å². The predicted molar refractivity (Wildman–Crippen MR) is 97.8 cm³/mol. The Bertz CT molecular complexity index is 780. The fourth-order valence-corrected chi connectivity index (χ4v) is 2.43. The monoisotopic (exact) mass is 378 g/mol. The van der Waals surface area contributed by atoms with Gasteiger partial charge < -0.3 is 15.0 Å². The molecule has 0 aliphatic rings. The summed E-state index contributed by atoms with van der Waals surface area (Å²) >= 11 is 0. The van der Waals surface area contributed by atoms with Crippen LogP contribution in [-0.4, -0.2) is 36.5 Å². The lowest BCUT2D eigenvalue weighted by Gasteiger charge is -2.22. The van der Waals surface area contributed by atoms with E-state index in [1.807, 2.05) is 11.9 Å². The molecule has 9 heteroatoms. The third kappa shape index (κ3) is 6.21. The maximum atomic E-state index is 12.2. The Morgan fingerprint density at radius 1 is 1.19 bits per heavy atom. The summed E-state index contributed by atoms with van der Waals surface area (Å²) in [7, 11) is 3.49. The molecular formula is C18H20F2N4O3. The van der Waals surface area contributed by atoms with Crippen LogP contribution in [-0.2, 0) is 13.1 Å². The summed E-state index contributed by atoms with van der Waals surface area (Å²) in [6.07, 6.45) is 0. The number of guanidine groups is 1. The lowest BCUT2D eigenvalue weighted by atomic mass is 10.2. The van der Waals surface area contributed by atoms with E-state index in [0.717, 1.165) is 11.1 Å². The number of nitro groups is 1. The lowest BCUT2D eigenvalue weighted by Crippen LogP contribution is -2.38. The molecule has 0 fully saturated rings. The zero-order valence-corrected chi connectivity index (χ0v) is 14.9. The third-order valence-electron chi connectivity index (χ3n) is 3.74. The molecule has 0 unspecified atom stereocenters. The van der Waals surface area contributed by atoms with E-state index < -0.39 is 11.5 Å². The van der Waals surface area contributed by atoms with Crippen molar-refractivity contribution in [2.45, 2.75) is 19.7 Å². The Balaban J connectivity index is 1.91. The molecule has 2 rings (SSSR count). The molecule has 0 saturated heterocycles. The normalized spacial score (nSPS) is 11.4. The predicted octanol–water partition coefficient (Wildman–Crippen LogP) is 3.40. The van der Waals surface area contributed by atoms with Crippen molar-refractivity contribution in [3.63, 3.8) is 0 Å². The van der Waals surface area contributed by atoms with Gasteiger partial charge in [-0.15, -0.1) is 0 Å². The number of halogens is 2. The second-order valence-corrected chi connectivity index (χ2v) is 5.70. The second kappa shape index (κ2) is 9.46. The number of rotatable bonds is 7. The van der Waals surface area contributed by atoms with Crippen LogP contribution in [0.25, 0.3) is 0 Å². The van der Waals surface area contributed by atoms with Crippen molar-refractivity contribution >= 4 is 11.6 Å². The quantitative estimate of drug-likeness (QED) is 0.346. The summed E-state index contributed by atoms with van der Waals surface area (Å²) in [5, 5.41) is 13.9. The van der Waals surface area contributed by atoms with Crippen molar-refractivity contribution < 1.29 is 18.4 Å². The average Bonchev–Trinajstić information content (AvgIpc) is 2.64. The SMILES string of the molecule is CN=C(NCc1ccc([N+](=O)[O-])cc1)N(C)Cc1ccc(OC(F)F)cc1. The number of hydrogen-bond acceptors (Lipinski definition) is 4. The molecule has 0 bridgehead atoms. The van der Waals surface area contributed by atoms with Gasteiger partial charge in [0.1, 0.15) is 5.75 Å².